The van der Waals surface area contributed by atoms with Crippen molar-refractivity contribution in [1.82, 2.24) is 4.90 Å². The molecule has 1 aliphatic heterocycles. The zero-order valence-corrected chi connectivity index (χ0v) is 13.7. The van der Waals surface area contributed by atoms with Gasteiger partial charge in [0, 0.05) is 25.4 Å². The molecule has 1 amide bonds. The van der Waals surface area contributed by atoms with E-state index in [-0.39, 0.29) is 6.09 Å². The van der Waals surface area contributed by atoms with Gasteiger partial charge in [-0.3, -0.25) is 4.79 Å². The van der Waals surface area contributed by atoms with Gasteiger partial charge in [0.2, 0.25) is 0 Å². The molecule has 2 fully saturated rings. The first-order chi connectivity index (χ1) is 9.85. The van der Waals surface area contributed by atoms with Gasteiger partial charge in [-0.15, -0.1) is 0 Å². The number of amides is 1. The second kappa shape index (κ2) is 6.80. The van der Waals surface area contributed by atoms with Gasteiger partial charge in [-0.1, -0.05) is 12.8 Å². The molecular formula is C17H29NO3. The van der Waals surface area contributed by atoms with Gasteiger partial charge in [0.25, 0.3) is 0 Å². The molecule has 2 aliphatic rings. The van der Waals surface area contributed by atoms with E-state index >= 15 is 0 Å². The fourth-order valence-electron chi connectivity index (χ4n) is 3.35. The minimum Gasteiger partial charge on any atom is -0.444 e. The second-order valence-corrected chi connectivity index (χ2v) is 7.56. The van der Waals surface area contributed by atoms with E-state index in [1.54, 1.807) is 4.90 Å². The molecule has 2 rings (SSSR count). The lowest BCUT2D eigenvalue weighted by Gasteiger charge is -2.33. The summed E-state index contributed by atoms with van der Waals surface area (Å²) < 4.78 is 5.39. The minimum absolute atomic E-state index is 0.219. The van der Waals surface area contributed by atoms with E-state index in [1.165, 1.54) is 12.8 Å². The van der Waals surface area contributed by atoms with Crippen LogP contribution in [0.25, 0.3) is 0 Å². The lowest BCUT2D eigenvalue weighted by molar-refractivity contribution is -0.123. The summed E-state index contributed by atoms with van der Waals surface area (Å²) in [5.41, 5.74) is -0.438. The van der Waals surface area contributed by atoms with Crippen molar-refractivity contribution in [2.24, 2.45) is 11.8 Å². The molecule has 0 atom stereocenters. The van der Waals surface area contributed by atoms with Crippen molar-refractivity contribution in [3.63, 3.8) is 0 Å². The predicted molar refractivity (Wildman–Crippen MR) is 82.1 cm³/mol. The number of likely N-dealkylation sites (tertiary alicyclic amines) is 1. The molecule has 0 aromatic rings. The third-order valence-electron chi connectivity index (χ3n) is 4.57. The third kappa shape index (κ3) is 5.01. The summed E-state index contributed by atoms with van der Waals surface area (Å²) in [5.74, 6) is 1.24. The molecule has 0 radical (unpaired) electrons. The fourth-order valence-corrected chi connectivity index (χ4v) is 3.35. The highest BCUT2D eigenvalue weighted by Gasteiger charge is 2.30. The highest BCUT2D eigenvalue weighted by atomic mass is 16.6. The van der Waals surface area contributed by atoms with E-state index in [1.807, 2.05) is 20.8 Å². The number of hydrogen-bond donors (Lipinski definition) is 0. The summed E-state index contributed by atoms with van der Waals surface area (Å²) in [5, 5.41) is 0. The maximum absolute atomic E-state index is 12.2. The second-order valence-electron chi connectivity index (χ2n) is 7.56. The minimum atomic E-state index is -0.438. The van der Waals surface area contributed by atoms with Crippen LogP contribution in [0.4, 0.5) is 4.79 Å². The Labute approximate surface area is 128 Å². The molecule has 0 spiro atoms. The van der Waals surface area contributed by atoms with Gasteiger partial charge < -0.3 is 9.64 Å². The van der Waals surface area contributed by atoms with Crippen LogP contribution in [0.15, 0.2) is 0 Å². The molecule has 1 aliphatic carbocycles. The van der Waals surface area contributed by atoms with Crippen LogP contribution in [-0.2, 0) is 9.53 Å². The molecule has 0 N–H and O–H groups in total. The lowest BCUT2D eigenvalue weighted by Crippen LogP contribution is -2.42. The predicted octanol–water partition coefficient (Wildman–Crippen LogP) is 3.78. The van der Waals surface area contributed by atoms with Crippen LogP contribution in [-0.4, -0.2) is 35.5 Å². The van der Waals surface area contributed by atoms with E-state index in [9.17, 15) is 9.59 Å². The number of carbonyl (C=O) groups is 2. The Morgan fingerprint density at radius 1 is 1.05 bits per heavy atom. The standard InChI is InChI=1S/C17H29NO3/c1-17(2,3)21-16(20)18-10-8-13(9-11-18)12-15(19)14-6-4-5-7-14/h13-14H,4-12H2,1-3H3. The van der Waals surface area contributed by atoms with Crippen LogP contribution in [0.3, 0.4) is 0 Å². The van der Waals surface area contributed by atoms with Crippen molar-refractivity contribution in [2.45, 2.75) is 71.3 Å². The van der Waals surface area contributed by atoms with Gasteiger partial charge in [0.15, 0.2) is 0 Å². The quantitative estimate of drug-likeness (QED) is 0.796. The number of nitrogens with zero attached hydrogens (tertiary/aromatic N) is 1. The maximum atomic E-state index is 12.2. The van der Waals surface area contributed by atoms with Crippen molar-refractivity contribution in [3.8, 4) is 0 Å². The number of rotatable bonds is 3. The van der Waals surface area contributed by atoms with Gasteiger partial charge in [-0.25, -0.2) is 4.79 Å². The van der Waals surface area contributed by atoms with Gasteiger partial charge in [-0.05, 0) is 52.4 Å². The largest absolute Gasteiger partial charge is 0.444 e. The molecular weight excluding hydrogens is 266 g/mol. The number of Topliss-reactive ketones (excluding diaryl/α,β-unsaturated/α-hetero) is 1. The number of ketones is 1. The van der Waals surface area contributed by atoms with Crippen LogP contribution in [0, 0.1) is 11.8 Å². The van der Waals surface area contributed by atoms with Crippen LogP contribution < -0.4 is 0 Å². The average molecular weight is 295 g/mol. The molecule has 4 nitrogen and oxygen atoms in total. The van der Waals surface area contributed by atoms with Crippen LogP contribution in [0.2, 0.25) is 0 Å². The zero-order valence-electron chi connectivity index (χ0n) is 13.7. The van der Waals surface area contributed by atoms with Crippen molar-refractivity contribution in [3.05, 3.63) is 0 Å². The monoisotopic (exact) mass is 295 g/mol. The van der Waals surface area contributed by atoms with Crippen LogP contribution in [0.5, 0.6) is 0 Å². The Morgan fingerprint density at radius 2 is 1.62 bits per heavy atom. The molecule has 21 heavy (non-hydrogen) atoms. The highest BCUT2D eigenvalue weighted by Crippen LogP contribution is 2.30. The number of hydrogen-bond acceptors (Lipinski definition) is 3. The van der Waals surface area contributed by atoms with E-state index in [2.05, 4.69) is 0 Å². The molecule has 1 heterocycles. The number of ether oxygens (including phenoxy) is 1. The summed E-state index contributed by atoms with van der Waals surface area (Å²) in [6, 6.07) is 0. The first-order valence-corrected chi connectivity index (χ1v) is 8.36. The Hall–Kier alpha value is -1.06. The summed E-state index contributed by atoms with van der Waals surface area (Å²) in [7, 11) is 0. The fraction of sp³-hybridized carbons (Fsp3) is 0.882. The molecule has 1 saturated carbocycles. The summed E-state index contributed by atoms with van der Waals surface area (Å²) in [6.07, 6.45) is 6.97. The van der Waals surface area contributed by atoms with E-state index in [0.29, 0.717) is 24.0 Å². The number of carbonyl (C=O) groups excluding carboxylic acids is 2. The molecule has 0 aromatic carbocycles. The van der Waals surface area contributed by atoms with Gasteiger partial charge in [0.05, 0.1) is 0 Å². The third-order valence-corrected chi connectivity index (χ3v) is 4.57. The molecule has 4 heteroatoms. The first kappa shape index (κ1) is 16.3. The summed E-state index contributed by atoms with van der Waals surface area (Å²) in [4.78, 5) is 26.0. The Morgan fingerprint density at radius 3 is 2.14 bits per heavy atom. The molecule has 1 saturated heterocycles. The smallest absolute Gasteiger partial charge is 0.410 e. The molecule has 0 bridgehead atoms. The maximum Gasteiger partial charge on any atom is 0.410 e. The van der Waals surface area contributed by atoms with Gasteiger partial charge in [-0.2, -0.15) is 0 Å². The van der Waals surface area contributed by atoms with Crippen LogP contribution in [0.1, 0.15) is 65.7 Å². The summed E-state index contributed by atoms with van der Waals surface area (Å²) in [6.45, 7) is 7.10. The Balaban J connectivity index is 1.72. The summed E-state index contributed by atoms with van der Waals surface area (Å²) >= 11 is 0. The molecule has 0 aromatic heterocycles. The van der Waals surface area contributed by atoms with Crippen molar-refractivity contribution >= 4 is 11.9 Å². The zero-order chi connectivity index (χ0) is 15.5. The van der Waals surface area contributed by atoms with E-state index in [0.717, 1.165) is 38.8 Å². The highest BCUT2D eigenvalue weighted by molar-refractivity contribution is 5.81. The molecule has 120 valence electrons. The Kier molecular flexibility index (Phi) is 5.28. The van der Waals surface area contributed by atoms with Crippen LogP contribution >= 0.6 is 0 Å². The van der Waals surface area contributed by atoms with Crippen molar-refractivity contribution in [1.29, 1.82) is 0 Å². The Bertz CT molecular complexity index is 372. The van der Waals surface area contributed by atoms with Gasteiger partial charge in [0.1, 0.15) is 11.4 Å². The van der Waals surface area contributed by atoms with E-state index in [4.69, 9.17) is 4.74 Å². The number of piperidine rings is 1. The van der Waals surface area contributed by atoms with Crippen molar-refractivity contribution in [2.75, 3.05) is 13.1 Å². The SMILES string of the molecule is CC(C)(C)OC(=O)N1CCC(CC(=O)C2CCCC2)CC1. The average Bonchev–Trinajstić information content (AvgIpc) is 2.91. The lowest BCUT2D eigenvalue weighted by atomic mass is 9.87. The molecule has 0 unspecified atom stereocenters. The van der Waals surface area contributed by atoms with Gasteiger partial charge >= 0.3 is 6.09 Å². The van der Waals surface area contributed by atoms with Crippen molar-refractivity contribution < 1.29 is 14.3 Å². The normalized spacial score (nSPS) is 21.6. The first-order valence-electron chi connectivity index (χ1n) is 8.36. The topological polar surface area (TPSA) is 46.6 Å². The van der Waals surface area contributed by atoms with E-state index < -0.39 is 5.60 Å².